The highest BCUT2D eigenvalue weighted by molar-refractivity contribution is 5.51. The van der Waals surface area contributed by atoms with Crippen molar-refractivity contribution in [1.82, 2.24) is 19.9 Å². The van der Waals surface area contributed by atoms with Crippen LogP contribution < -0.4 is 9.64 Å². The quantitative estimate of drug-likeness (QED) is 0.242. The monoisotopic (exact) mass is 745 g/mol. The number of hydrogen-bond acceptors (Lipinski definition) is 7. The Morgan fingerprint density at radius 1 is 0.868 bits per heavy atom. The minimum Gasteiger partial charge on any atom is -0.487 e. The minimum atomic E-state index is -4.59. The number of halogens is 6. The van der Waals surface area contributed by atoms with Gasteiger partial charge in [0.05, 0.1) is 29.8 Å². The largest absolute Gasteiger partial charge is 0.487 e. The lowest BCUT2D eigenvalue weighted by Gasteiger charge is -2.41. The summed E-state index contributed by atoms with van der Waals surface area (Å²) in [5, 5.41) is 11.6. The molecule has 2 aliphatic heterocycles. The van der Waals surface area contributed by atoms with E-state index >= 15 is 4.39 Å². The molecule has 4 heterocycles. The van der Waals surface area contributed by atoms with Gasteiger partial charge in [0.2, 0.25) is 11.9 Å². The van der Waals surface area contributed by atoms with Crippen molar-refractivity contribution in [2.45, 2.75) is 120 Å². The van der Waals surface area contributed by atoms with Gasteiger partial charge in [0.25, 0.3) is 0 Å². The lowest BCUT2D eigenvalue weighted by atomic mass is 9.68. The molecular formula is C40H49F6N5O2. The zero-order chi connectivity index (χ0) is 37.7. The summed E-state index contributed by atoms with van der Waals surface area (Å²) in [6, 6.07) is 4.03. The number of fused-ring (bicyclic) bond motifs is 1. The number of pyridine rings is 1. The Bertz CT molecular complexity index is 1730. The zero-order valence-electron chi connectivity index (χ0n) is 30.6. The van der Waals surface area contributed by atoms with Gasteiger partial charge in [0.15, 0.2) is 11.9 Å². The molecule has 4 aliphatic rings. The molecule has 1 saturated carbocycles. The number of nitrogens with zero attached hydrogens (tertiary/aromatic N) is 5. The number of piperidine rings is 2. The van der Waals surface area contributed by atoms with E-state index in [2.05, 4.69) is 26.8 Å². The summed E-state index contributed by atoms with van der Waals surface area (Å²) in [5.74, 6) is -2.33. The fourth-order valence-electron chi connectivity index (χ4n) is 8.90. The first-order chi connectivity index (χ1) is 25.1. The Morgan fingerprint density at radius 3 is 2.09 bits per heavy atom. The lowest BCUT2D eigenvalue weighted by Crippen LogP contribution is -2.36. The summed E-state index contributed by atoms with van der Waals surface area (Å²) >= 11 is 0. The maximum atomic E-state index is 17.3. The van der Waals surface area contributed by atoms with Gasteiger partial charge in [-0.05, 0) is 93.0 Å². The van der Waals surface area contributed by atoms with Gasteiger partial charge in [-0.25, -0.2) is 23.1 Å². The van der Waals surface area contributed by atoms with Crippen LogP contribution in [-0.2, 0) is 12.6 Å². The molecule has 1 unspecified atom stereocenters. The third-order valence-electron chi connectivity index (χ3n) is 11.8. The molecule has 13 heteroatoms. The number of aliphatic hydroxyl groups excluding tert-OH is 1. The van der Waals surface area contributed by atoms with Crippen molar-refractivity contribution >= 4 is 5.95 Å². The van der Waals surface area contributed by atoms with E-state index in [9.17, 15) is 27.1 Å². The van der Waals surface area contributed by atoms with Crippen LogP contribution in [0.4, 0.5) is 32.3 Å². The van der Waals surface area contributed by atoms with Crippen molar-refractivity contribution in [1.29, 1.82) is 0 Å². The molecule has 2 saturated heterocycles. The van der Waals surface area contributed by atoms with E-state index in [0.29, 0.717) is 73.0 Å². The average molecular weight is 746 g/mol. The molecule has 0 radical (unpaired) electrons. The molecule has 0 spiro atoms. The second-order valence-corrected chi connectivity index (χ2v) is 16.5. The van der Waals surface area contributed by atoms with Gasteiger partial charge in [0, 0.05) is 61.8 Å². The fraction of sp³-hybridized carbons (Fsp3) is 0.625. The topological polar surface area (TPSA) is 74.6 Å². The van der Waals surface area contributed by atoms with E-state index in [1.165, 1.54) is 0 Å². The summed E-state index contributed by atoms with van der Waals surface area (Å²) in [4.78, 5) is 18.7. The van der Waals surface area contributed by atoms with Crippen molar-refractivity contribution in [3.63, 3.8) is 0 Å². The number of alkyl halides is 6. The van der Waals surface area contributed by atoms with Gasteiger partial charge in [-0.2, -0.15) is 13.2 Å². The second-order valence-electron chi connectivity index (χ2n) is 16.5. The standard InChI is InChI=1S/C40H49F6N5O2/c1-38(2)20-30-33(31(52)21-38)32(24-8-14-39(42,43)15-9-24)34(35(41)25-4-6-27(7-5-25)40(44,45)46)36(49-30)26-10-18-51(19-11-26)37-47-22-29(23-48-37)53-28-12-16-50(3)17-13-28/h4-7,22-24,26,28,31,35,52H,8-21H2,1-3H3/t31?,35-/m0/s1. The number of likely N-dealkylation sites (tertiary alicyclic amines) is 1. The van der Waals surface area contributed by atoms with Crippen LogP contribution in [-0.4, -0.2) is 70.2 Å². The van der Waals surface area contributed by atoms with Crippen LogP contribution in [0.1, 0.15) is 135 Å². The zero-order valence-corrected chi connectivity index (χ0v) is 30.6. The number of aromatic nitrogens is 3. The smallest absolute Gasteiger partial charge is 0.416 e. The van der Waals surface area contributed by atoms with Gasteiger partial charge in [0.1, 0.15) is 6.10 Å². The van der Waals surface area contributed by atoms with E-state index in [1.807, 2.05) is 13.8 Å². The Labute approximate surface area is 307 Å². The van der Waals surface area contributed by atoms with Crippen LogP contribution in [0, 0.1) is 5.41 Å². The Hall–Kier alpha value is -3.45. The molecule has 2 aliphatic carbocycles. The van der Waals surface area contributed by atoms with Crippen molar-refractivity contribution in [3.8, 4) is 5.75 Å². The first-order valence-electron chi connectivity index (χ1n) is 18.9. The maximum Gasteiger partial charge on any atom is 0.416 e. The first kappa shape index (κ1) is 37.8. The van der Waals surface area contributed by atoms with Gasteiger partial charge in [-0.1, -0.05) is 26.0 Å². The normalized spacial score (nSPS) is 23.8. The highest BCUT2D eigenvalue weighted by Crippen LogP contribution is 2.52. The highest BCUT2D eigenvalue weighted by Gasteiger charge is 2.44. The Kier molecular flexibility index (Phi) is 10.5. The number of aliphatic hydroxyl groups is 1. The molecule has 1 aromatic carbocycles. The number of benzene rings is 1. The number of anilines is 1. The fourth-order valence-corrected chi connectivity index (χ4v) is 8.90. The molecule has 1 N–H and O–H groups in total. The van der Waals surface area contributed by atoms with E-state index in [0.717, 1.165) is 50.2 Å². The van der Waals surface area contributed by atoms with E-state index in [1.54, 1.807) is 12.4 Å². The predicted molar refractivity (Wildman–Crippen MR) is 189 cm³/mol. The van der Waals surface area contributed by atoms with Gasteiger partial charge >= 0.3 is 6.18 Å². The van der Waals surface area contributed by atoms with Gasteiger partial charge < -0.3 is 19.6 Å². The first-order valence-corrected chi connectivity index (χ1v) is 18.9. The molecule has 53 heavy (non-hydrogen) atoms. The summed E-state index contributed by atoms with van der Waals surface area (Å²) in [6.45, 7) is 7.13. The second kappa shape index (κ2) is 14.7. The van der Waals surface area contributed by atoms with Crippen molar-refractivity contribution in [3.05, 3.63) is 75.9 Å². The molecule has 7 rings (SSSR count). The number of ether oxygens (including phenoxy) is 1. The SMILES string of the molecule is CN1CCC(Oc2cnc(N3CCC(c4nc5c(c(C6CCC(F)(F)CC6)c4[C@@H](F)c4ccc(C(F)(F)F)cc4)C(O)CC(C)(C)C5)CC3)nc2)CC1. The minimum absolute atomic E-state index is 0.0300. The summed E-state index contributed by atoms with van der Waals surface area (Å²) in [6.07, 6.45) is -0.471. The maximum absolute atomic E-state index is 17.3. The third kappa shape index (κ3) is 8.30. The molecule has 3 aromatic rings. The summed E-state index contributed by atoms with van der Waals surface area (Å²) < 4.78 is 92.9. The van der Waals surface area contributed by atoms with E-state index in [4.69, 9.17) is 9.72 Å². The number of hydrogen-bond donors (Lipinski definition) is 1. The molecule has 7 nitrogen and oxygen atoms in total. The van der Waals surface area contributed by atoms with Crippen LogP contribution in [0.3, 0.4) is 0 Å². The van der Waals surface area contributed by atoms with Crippen LogP contribution in [0.2, 0.25) is 0 Å². The molecular weight excluding hydrogens is 696 g/mol. The highest BCUT2D eigenvalue weighted by atomic mass is 19.4. The number of rotatable bonds is 7. The van der Waals surface area contributed by atoms with Gasteiger partial charge in [-0.15, -0.1) is 0 Å². The molecule has 3 fully saturated rings. The van der Waals surface area contributed by atoms with Crippen molar-refractivity contribution in [2.24, 2.45) is 5.41 Å². The molecule has 0 amide bonds. The van der Waals surface area contributed by atoms with E-state index in [-0.39, 0.29) is 54.2 Å². The Morgan fingerprint density at radius 2 is 1.49 bits per heavy atom. The van der Waals surface area contributed by atoms with Crippen LogP contribution >= 0.6 is 0 Å². The Balaban J connectivity index is 1.22. The molecule has 2 atom stereocenters. The van der Waals surface area contributed by atoms with Crippen molar-refractivity contribution < 1.29 is 36.2 Å². The molecule has 0 bridgehead atoms. The van der Waals surface area contributed by atoms with Crippen molar-refractivity contribution in [2.75, 3.05) is 38.1 Å². The van der Waals surface area contributed by atoms with Crippen LogP contribution in [0.5, 0.6) is 5.75 Å². The van der Waals surface area contributed by atoms with E-state index < -0.39 is 35.9 Å². The van der Waals surface area contributed by atoms with Crippen LogP contribution in [0.25, 0.3) is 0 Å². The molecule has 288 valence electrons. The molecule has 2 aromatic heterocycles. The van der Waals surface area contributed by atoms with Gasteiger partial charge in [-0.3, -0.25) is 4.98 Å². The average Bonchev–Trinajstić information content (AvgIpc) is 3.11. The summed E-state index contributed by atoms with van der Waals surface area (Å²) in [7, 11) is 2.10. The third-order valence-corrected chi connectivity index (χ3v) is 11.8. The van der Waals surface area contributed by atoms with Crippen LogP contribution in [0.15, 0.2) is 36.7 Å². The predicted octanol–water partition coefficient (Wildman–Crippen LogP) is 9.11. The lowest BCUT2D eigenvalue weighted by molar-refractivity contribution is -0.137. The summed E-state index contributed by atoms with van der Waals surface area (Å²) in [5.41, 5.74) is 1.27.